The molecule has 5 rings (SSSR count). The molecular weight excluding hydrogens is 350 g/mol. The SMILES string of the molecule is O=C(O)N1CC[C@]23CCCC[C@H]2[C@H]1Cc1c(Cc2ccccc2)cc(O)cc13. The van der Waals surface area contributed by atoms with Crippen molar-refractivity contribution in [2.24, 2.45) is 5.92 Å². The first-order valence-electron chi connectivity index (χ1n) is 10.5. The minimum absolute atomic E-state index is 0.0344. The fourth-order valence-electron chi connectivity index (χ4n) is 6.38. The number of rotatable bonds is 2. The average Bonchev–Trinajstić information content (AvgIpc) is 2.69. The van der Waals surface area contributed by atoms with Crippen LogP contribution in [0.4, 0.5) is 4.79 Å². The number of amides is 1. The summed E-state index contributed by atoms with van der Waals surface area (Å²) < 4.78 is 0. The summed E-state index contributed by atoms with van der Waals surface area (Å²) in [6, 6.07) is 14.3. The van der Waals surface area contributed by atoms with Crippen LogP contribution in [0.25, 0.3) is 0 Å². The molecule has 2 fully saturated rings. The maximum atomic E-state index is 12.0. The molecule has 1 saturated heterocycles. The van der Waals surface area contributed by atoms with Gasteiger partial charge in [0.2, 0.25) is 0 Å². The Labute approximate surface area is 165 Å². The molecule has 0 aromatic heterocycles. The Morgan fingerprint density at radius 1 is 1.14 bits per heavy atom. The van der Waals surface area contributed by atoms with Crippen molar-refractivity contribution in [3.05, 3.63) is 64.7 Å². The smallest absolute Gasteiger partial charge is 0.407 e. The maximum absolute atomic E-state index is 12.0. The van der Waals surface area contributed by atoms with Gasteiger partial charge in [-0.15, -0.1) is 0 Å². The lowest BCUT2D eigenvalue weighted by Gasteiger charge is -2.58. The maximum Gasteiger partial charge on any atom is 0.407 e. The quantitative estimate of drug-likeness (QED) is 0.796. The van der Waals surface area contributed by atoms with Gasteiger partial charge in [0, 0.05) is 18.0 Å². The lowest BCUT2D eigenvalue weighted by atomic mass is 9.52. The van der Waals surface area contributed by atoms with E-state index in [9.17, 15) is 15.0 Å². The number of carbonyl (C=O) groups is 1. The molecule has 3 atom stereocenters. The third-order valence-corrected chi connectivity index (χ3v) is 7.52. The molecule has 0 unspecified atom stereocenters. The number of benzene rings is 2. The highest BCUT2D eigenvalue weighted by Crippen LogP contribution is 2.56. The van der Waals surface area contributed by atoms with E-state index in [1.54, 1.807) is 4.90 Å². The third-order valence-electron chi connectivity index (χ3n) is 7.52. The number of hydrogen-bond donors (Lipinski definition) is 2. The van der Waals surface area contributed by atoms with Crippen LogP contribution in [0.2, 0.25) is 0 Å². The molecule has 28 heavy (non-hydrogen) atoms. The molecule has 2 N–H and O–H groups in total. The Kier molecular flexibility index (Phi) is 4.11. The number of phenols is 1. The van der Waals surface area contributed by atoms with Crippen LogP contribution >= 0.6 is 0 Å². The standard InChI is InChI=1S/C24H27NO3/c26-18-13-17(12-16-6-2-1-3-7-16)19-15-22-20-8-4-5-9-24(20,21(19)14-18)10-11-25(22)23(27)28/h1-3,6-7,13-14,20,22,26H,4-5,8-12,15H2,(H,27,28)/t20-,22+,24+/m0/s1. The number of phenolic OH excluding ortho intramolecular Hbond substituents is 1. The predicted octanol–water partition coefficient (Wildman–Crippen LogP) is 4.72. The Morgan fingerprint density at radius 3 is 2.75 bits per heavy atom. The average molecular weight is 377 g/mol. The first-order chi connectivity index (χ1) is 13.6. The number of fused-ring (bicyclic) bond motifs is 1. The molecule has 1 heterocycles. The second-order valence-electron chi connectivity index (χ2n) is 8.80. The van der Waals surface area contributed by atoms with E-state index in [-0.39, 0.29) is 11.5 Å². The second kappa shape index (κ2) is 6.54. The minimum Gasteiger partial charge on any atom is -0.508 e. The van der Waals surface area contributed by atoms with Gasteiger partial charge in [-0.05, 0) is 72.4 Å². The van der Waals surface area contributed by atoms with Crippen LogP contribution in [0, 0.1) is 5.92 Å². The van der Waals surface area contributed by atoms with Gasteiger partial charge in [0.05, 0.1) is 0 Å². The number of aromatic hydroxyl groups is 1. The zero-order chi connectivity index (χ0) is 19.3. The van der Waals surface area contributed by atoms with Gasteiger partial charge in [0.25, 0.3) is 0 Å². The molecule has 0 radical (unpaired) electrons. The van der Waals surface area contributed by atoms with Gasteiger partial charge in [-0.3, -0.25) is 0 Å². The zero-order valence-electron chi connectivity index (χ0n) is 16.1. The summed E-state index contributed by atoms with van der Waals surface area (Å²) in [5.74, 6) is 0.729. The molecule has 1 saturated carbocycles. The lowest BCUT2D eigenvalue weighted by Crippen LogP contribution is -2.62. The monoisotopic (exact) mass is 377 g/mol. The highest BCUT2D eigenvalue weighted by Gasteiger charge is 2.55. The minimum atomic E-state index is -0.781. The molecule has 1 amide bonds. The molecule has 0 spiro atoms. The molecule has 1 aliphatic heterocycles. The van der Waals surface area contributed by atoms with Crippen LogP contribution in [0.3, 0.4) is 0 Å². The van der Waals surface area contributed by atoms with Gasteiger partial charge in [-0.1, -0.05) is 43.2 Å². The third kappa shape index (κ3) is 2.61. The van der Waals surface area contributed by atoms with E-state index in [4.69, 9.17) is 0 Å². The normalized spacial score (nSPS) is 28.4. The summed E-state index contributed by atoms with van der Waals surface area (Å²) in [6.07, 6.45) is 6.23. The molecule has 2 aromatic rings. The Balaban J connectivity index is 1.65. The number of likely N-dealkylation sites (tertiary alicyclic amines) is 1. The van der Waals surface area contributed by atoms with Crippen molar-refractivity contribution in [3.8, 4) is 5.75 Å². The first kappa shape index (κ1) is 17.6. The van der Waals surface area contributed by atoms with E-state index in [2.05, 4.69) is 12.1 Å². The summed E-state index contributed by atoms with van der Waals surface area (Å²) in [6.45, 7) is 0.611. The highest BCUT2D eigenvalue weighted by molar-refractivity contribution is 5.67. The van der Waals surface area contributed by atoms with E-state index >= 15 is 0 Å². The van der Waals surface area contributed by atoms with Crippen LogP contribution in [0.1, 0.15) is 54.4 Å². The van der Waals surface area contributed by atoms with Crippen LogP contribution in [0.15, 0.2) is 42.5 Å². The Morgan fingerprint density at radius 2 is 1.96 bits per heavy atom. The molecule has 2 aromatic carbocycles. The summed E-state index contributed by atoms with van der Waals surface area (Å²) >= 11 is 0. The zero-order valence-corrected chi connectivity index (χ0v) is 16.1. The van der Waals surface area contributed by atoms with Crippen molar-refractivity contribution < 1.29 is 15.0 Å². The highest BCUT2D eigenvalue weighted by atomic mass is 16.4. The summed E-state index contributed by atoms with van der Waals surface area (Å²) in [5, 5.41) is 20.4. The summed E-state index contributed by atoms with van der Waals surface area (Å²) in [5.41, 5.74) is 5.01. The summed E-state index contributed by atoms with van der Waals surface area (Å²) in [4.78, 5) is 13.7. The second-order valence-corrected chi connectivity index (χ2v) is 8.80. The van der Waals surface area contributed by atoms with Gasteiger partial charge in [0.15, 0.2) is 0 Å². The van der Waals surface area contributed by atoms with Crippen molar-refractivity contribution in [3.63, 3.8) is 0 Å². The van der Waals surface area contributed by atoms with Crippen LogP contribution < -0.4 is 0 Å². The number of piperidine rings is 1. The van der Waals surface area contributed by atoms with Gasteiger partial charge >= 0.3 is 6.09 Å². The predicted molar refractivity (Wildman–Crippen MR) is 108 cm³/mol. The van der Waals surface area contributed by atoms with E-state index < -0.39 is 6.09 Å². The van der Waals surface area contributed by atoms with Crippen LogP contribution in [-0.2, 0) is 18.3 Å². The first-order valence-corrected chi connectivity index (χ1v) is 10.5. The number of carboxylic acid groups (broad SMARTS) is 1. The molecule has 3 aliphatic rings. The van der Waals surface area contributed by atoms with Crippen molar-refractivity contribution in [2.45, 2.75) is 56.4 Å². The number of hydrogen-bond acceptors (Lipinski definition) is 2. The lowest BCUT2D eigenvalue weighted by molar-refractivity contribution is -0.00305. The summed E-state index contributed by atoms with van der Waals surface area (Å²) in [7, 11) is 0. The van der Waals surface area contributed by atoms with Crippen molar-refractivity contribution in [1.82, 2.24) is 4.90 Å². The van der Waals surface area contributed by atoms with Gasteiger partial charge in [-0.2, -0.15) is 0 Å². The van der Waals surface area contributed by atoms with Crippen molar-refractivity contribution >= 4 is 6.09 Å². The molecule has 2 aliphatic carbocycles. The molecule has 4 heteroatoms. The van der Waals surface area contributed by atoms with Crippen LogP contribution in [-0.4, -0.2) is 33.8 Å². The number of nitrogens with zero attached hydrogens (tertiary/aromatic N) is 1. The van der Waals surface area contributed by atoms with E-state index in [0.717, 1.165) is 37.7 Å². The molecule has 4 nitrogen and oxygen atoms in total. The Bertz CT molecular complexity index is 910. The largest absolute Gasteiger partial charge is 0.508 e. The molecule has 146 valence electrons. The van der Waals surface area contributed by atoms with Crippen LogP contribution in [0.5, 0.6) is 5.75 Å². The van der Waals surface area contributed by atoms with Gasteiger partial charge < -0.3 is 15.1 Å². The Hall–Kier alpha value is -2.49. The molecule has 2 bridgehead atoms. The topological polar surface area (TPSA) is 60.8 Å². The van der Waals surface area contributed by atoms with E-state index in [1.807, 2.05) is 30.3 Å². The van der Waals surface area contributed by atoms with E-state index in [0.29, 0.717) is 18.2 Å². The van der Waals surface area contributed by atoms with Crippen molar-refractivity contribution in [1.29, 1.82) is 0 Å². The van der Waals surface area contributed by atoms with Crippen molar-refractivity contribution in [2.75, 3.05) is 6.54 Å². The van der Waals surface area contributed by atoms with Gasteiger partial charge in [0.1, 0.15) is 5.75 Å². The van der Waals surface area contributed by atoms with Gasteiger partial charge in [-0.25, -0.2) is 4.79 Å². The fraction of sp³-hybridized carbons (Fsp3) is 0.458. The van der Waals surface area contributed by atoms with E-state index in [1.165, 1.54) is 29.5 Å². The molecular formula is C24H27NO3. The fourth-order valence-corrected chi connectivity index (χ4v) is 6.38.